The summed E-state index contributed by atoms with van der Waals surface area (Å²) in [4.78, 5) is 22.9. The second-order valence-electron chi connectivity index (χ2n) is 4.45. The Morgan fingerprint density at radius 3 is 2.53 bits per heavy atom. The number of carbonyl (C=O) groups excluding carboxylic acids is 2. The molecule has 2 atom stereocenters. The predicted octanol–water partition coefficient (Wildman–Crippen LogP) is 1.00. The molecule has 0 fully saturated rings. The van der Waals surface area contributed by atoms with Gasteiger partial charge in [0.15, 0.2) is 0 Å². The Morgan fingerprint density at radius 2 is 1.95 bits per heavy atom. The Hall–Kier alpha value is -1.88. The molecule has 0 aromatic heterocycles. The smallest absolute Gasteiger partial charge is 0.310 e. The molecule has 0 saturated carbocycles. The molecular formula is C14H20N2O3. The largest absolute Gasteiger partial charge is 0.469 e. The van der Waals surface area contributed by atoms with Crippen molar-refractivity contribution in [1.82, 2.24) is 5.32 Å². The lowest BCUT2D eigenvalue weighted by Crippen LogP contribution is -2.33. The van der Waals surface area contributed by atoms with Crippen molar-refractivity contribution in [1.29, 1.82) is 0 Å². The lowest BCUT2D eigenvalue weighted by molar-refractivity contribution is -0.144. The maximum atomic E-state index is 11.7. The van der Waals surface area contributed by atoms with E-state index in [1.807, 2.05) is 30.3 Å². The molecule has 0 saturated heterocycles. The van der Waals surface area contributed by atoms with Gasteiger partial charge in [-0.3, -0.25) is 9.59 Å². The Morgan fingerprint density at radius 1 is 1.32 bits per heavy atom. The summed E-state index contributed by atoms with van der Waals surface area (Å²) in [5.41, 5.74) is 6.85. The minimum absolute atomic E-state index is 0.174. The van der Waals surface area contributed by atoms with Crippen LogP contribution >= 0.6 is 0 Å². The molecule has 1 aromatic carbocycles. The first-order valence-electron chi connectivity index (χ1n) is 6.19. The van der Waals surface area contributed by atoms with Crippen LogP contribution in [0.2, 0.25) is 0 Å². The molecule has 0 aliphatic rings. The van der Waals surface area contributed by atoms with Gasteiger partial charge in [0.1, 0.15) is 0 Å². The molecule has 104 valence electrons. The molecule has 1 amide bonds. The summed E-state index contributed by atoms with van der Waals surface area (Å²) in [6.45, 7) is 1.95. The first-order chi connectivity index (χ1) is 9.04. The first kappa shape index (κ1) is 15.2. The Kier molecular flexibility index (Phi) is 6.02. The third-order valence-corrected chi connectivity index (χ3v) is 2.84. The maximum absolute atomic E-state index is 11.7. The Labute approximate surface area is 113 Å². The number of nitrogens with one attached hydrogen (secondary N) is 1. The van der Waals surface area contributed by atoms with Crippen molar-refractivity contribution >= 4 is 11.9 Å². The van der Waals surface area contributed by atoms with Crippen molar-refractivity contribution < 1.29 is 14.3 Å². The second-order valence-corrected chi connectivity index (χ2v) is 4.45. The highest BCUT2D eigenvalue weighted by atomic mass is 16.5. The predicted molar refractivity (Wildman–Crippen MR) is 72.2 cm³/mol. The Balaban J connectivity index is 2.37. The van der Waals surface area contributed by atoms with Crippen LogP contribution in [0.25, 0.3) is 0 Å². The summed E-state index contributed by atoms with van der Waals surface area (Å²) in [5.74, 6) is -0.873. The quantitative estimate of drug-likeness (QED) is 0.751. The van der Waals surface area contributed by atoms with E-state index in [1.54, 1.807) is 6.92 Å². The first-order valence-corrected chi connectivity index (χ1v) is 6.19. The van der Waals surface area contributed by atoms with E-state index in [9.17, 15) is 9.59 Å². The van der Waals surface area contributed by atoms with E-state index in [0.29, 0.717) is 0 Å². The lowest BCUT2D eigenvalue weighted by atomic mass is 10.0. The molecule has 0 aliphatic carbocycles. The van der Waals surface area contributed by atoms with E-state index >= 15 is 0 Å². The van der Waals surface area contributed by atoms with Crippen LogP contribution in [0, 0.1) is 5.92 Å². The van der Waals surface area contributed by atoms with Crippen LogP contribution in [-0.2, 0) is 14.3 Å². The average molecular weight is 264 g/mol. The Bertz CT molecular complexity index is 420. The van der Waals surface area contributed by atoms with E-state index in [0.717, 1.165) is 5.56 Å². The number of amides is 1. The van der Waals surface area contributed by atoms with Crippen molar-refractivity contribution in [3.63, 3.8) is 0 Å². The fraction of sp³-hybridized carbons (Fsp3) is 0.429. The molecule has 1 aromatic rings. The average Bonchev–Trinajstić information content (AvgIpc) is 2.44. The summed E-state index contributed by atoms with van der Waals surface area (Å²) in [6.07, 6.45) is 0.192. The number of hydrogen-bond donors (Lipinski definition) is 2. The van der Waals surface area contributed by atoms with Gasteiger partial charge in [-0.05, 0) is 5.56 Å². The van der Waals surface area contributed by atoms with Gasteiger partial charge in [-0.2, -0.15) is 0 Å². The number of ether oxygens (including phenoxy) is 1. The summed E-state index contributed by atoms with van der Waals surface area (Å²) in [6, 6.07) is 9.09. The zero-order valence-electron chi connectivity index (χ0n) is 11.3. The summed E-state index contributed by atoms with van der Waals surface area (Å²) in [7, 11) is 1.33. The van der Waals surface area contributed by atoms with E-state index in [-0.39, 0.29) is 36.8 Å². The van der Waals surface area contributed by atoms with E-state index in [2.05, 4.69) is 10.1 Å². The molecule has 0 radical (unpaired) electrons. The zero-order chi connectivity index (χ0) is 14.3. The molecule has 0 bridgehead atoms. The van der Waals surface area contributed by atoms with Gasteiger partial charge in [-0.15, -0.1) is 0 Å². The number of benzene rings is 1. The third kappa shape index (κ3) is 5.09. The van der Waals surface area contributed by atoms with Crippen LogP contribution in [0.3, 0.4) is 0 Å². The van der Waals surface area contributed by atoms with Crippen molar-refractivity contribution in [2.24, 2.45) is 11.7 Å². The highest BCUT2D eigenvalue weighted by molar-refractivity contribution is 5.78. The van der Waals surface area contributed by atoms with Crippen molar-refractivity contribution in [3.8, 4) is 0 Å². The summed E-state index contributed by atoms with van der Waals surface area (Å²) < 4.78 is 4.58. The van der Waals surface area contributed by atoms with Gasteiger partial charge in [-0.25, -0.2) is 0 Å². The molecule has 3 N–H and O–H groups in total. The van der Waals surface area contributed by atoms with Crippen molar-refractivity contribution in [3.05, 3.63) is 35.9 Å². The second kappa shape index (κ2) is 7.53. The monoisotopic (exact) mass is 264 g/mol. The highest BCUT2D eigenvalue weighted by Crippen LogP contribution is 2.12. The van der Waals surface area contributed by atoms with Crippen LogP contribution in [0.15, 0.2) is 30.3 Å². The van der Waals surface area contributed by atoms with Crippen LogP contribution in [-0.4, -0.2) is 25.5 Å². The van der Waals surface area contributed by atoms with E-state index in [1.165, 1.54) is 7.11 Å². The number of carbonyl (C=O) groups is 2. The molecule has 0 heterocycles. The normalized spacial score (nSPS) is 13.4. The molecule has 5 heteroatoms. The molecule has 2 unspecified atom stereocenters. The van der Waals surface area contributed by atoms with Crippen LogP contribution < -0.4 is 11.1 Å². The number of nitrogens with two attached hydrogens (primary N) is 1. The van der Waals surface area contributed by atoms with E-state index < -0.39 is 0 Å². The number of rotatable bonds is 6. The molecule has 0 spiro atoms. The van der Waals surface area contributed by atoms with Crippen LogP contribution in [0.4, 0.5) is 0 Å². The highest BCUT2D eigenvalue weighted by Gasteiger charge is 2.16. The fourth-order valence-corrected chi connectivity index (χ4v) is 1.64. The van der Waals surface area contributed by atoms with Crippen LogP contribution in [0.5, 0.6) is 0 Å². The number of hydrogen-bond acceptors (Lipinski definition) is 4. The van der Waals surface area contributed by atoms with Gasteiger partial charge in [0, 0.05) is 19.0 Å². The third-order valence-electron chi connectivity index (χ3n) is 2.84. The molecule has 0 aliphatic heterocycles. The fourth-order valence-electron chi connectivity index (χ4n) is 1.64. The summed E-state index contributed by atoms with van der Waals surface area (Å²) in [5, 5.41) is 2.68. The van der Waals surface area contributed by atoms with Gasteiger partial charge < -0.3 is 15.8 Å². The molecule has 1 rings (SSSR count). The van der Waals surface area contributed by atoms with Gasteiger partial charge in [0.05, 0.1) is 13.0 Å². The molecule has 5 nitrogen and oxygen atoms in total. The minimum atomic E-state index is -0.359. The standard InChI is InChI=1S/C14H20N2O3/c1-10(14(18)19-2)9-16-13(17)8-12(15)11-6-4-3-5-7-11/h3-7,10,12H,8-9,15H2,1-2H3,(H,16,17). The zero-order valence-corrected chi connectivity index (χ0v) is 11.3. The van der Waals surface area contributed by atoms with E-state index in [4.69, 9.17) is 5.73 Å². The van der Waals surface area contributed by atoms with Crippen molar-refractivity contribution in [2.75, 3.05) is 13.7 Å². The maximum Gasteiger partial charge on any atom is 0.310 e. The number of esters is 1. The number of methoxy groups -OCH3 is 1. The topological polar surface area (TPSA) is 81.4 Å². The van der Waals surface area contributed by atoms with Gasteiger partial charge >= 0.3 is 5.97 Å². The van der Waals surface area contributed by atoms with Gasteiger partial charge in [-0.1, -0.05) is 37.3 Å². The molecule has 19 heavy (non-hydrogen) atoms. The van der Waals surface area contributed by atoms with Crippen LogP contribution in [0.1, 0.15) is 24.9 Å². The SMILES string of the molecule is COC(=O)C(C)CNC(=O)CC(N)c1ccccc1. The van der Waals surface area contributed by atoms with Gasteiger partial charge in [0.2, 0.25) is 5.91 Å². The van der Waals surface area contributed by atoms with Gasteiger partial charge in [0.25, 0.3) is 0 Å². The molecular weight excluding hydrogens is 244 g/mol. The minimum Gasteiger partial charge on any atom is -0.469 e. The lowest BCUT2D eigenvalue weighted by Gasteiger charge is -2.14. The summed E-state index contributed by atoms with van der Waals surface area (Å²) >= 11 is 0. The van der Waals surface area contributed by atoms with Crippen molar-refractivity contribution in [2.45, 2.75) is 19.4 Å².